The van der Waals surface area contributed by atoms with E-state index in [9.17, 15) is 13.2 Å². The molecule has 25 heavy (non-hydrogen) atoms. The van der Waals surface area contributed by atoms with Crippen LogP contribution in [0.2, 0.25) is 0 Å². The summed E-state index contributed by atoms with van der Waals surface area (Å²) in [5.41, 5.74) is 1.08. The van der Waals surface area contributed by atoms with Crippen LogP contribution < -0.4 is 14.4 Å². The summed E-state index contributed by atoms with van der Waals surface area (Å²) in [5.74, 6) is 0.0507. The SMILES string of the molecule is CS(=O)(=O)N1CCC(C(=O)Nc2ccccc2Br)Oc2ccccc21. The molecule has 1 atom stereocenters. The van der Waals surface area contributed by atoms with Gasteiger partial charge in [0, 0.05) is 17.4 Å². The zero-order valence-corrected chi connectivity index (χ0v) is 15.9. The van der Waals surface area contributed by atoms with Crippen LogP contribution in [0, 0.1) is 0 Å². The van der Waals surface area contributed by atoms with Crippen molar-refractivity contribution >= 4 is 43.2 Å². The number of nitrogens with one attached hydrogen (secondary N) is 1. The number of anilines is 2. The van der Waals surface area contributed by atoms with Crippen molar-refractivity contribution in [3.8, 4) is 5.75 Å². The van der Waals surface area contributed by atoms with Crippen molar-refractivity contribution in [1.29, 1.82) is 0 Å². The molecule has 1 heterocycles. The number of carbonyl (C=O) groups is 1. The van der Waals surface area contributed by atoms with Gasteiger partial charge in [0.25, 0.3) is 5.91 Å². The van der Waals surface area contributed by atoms with Crippen LogP contribution in [0.25, 0.3) is 0 Å². The minimum atomic E-state index is -3.46. The Morgan fingerprint density at radius 1 is 1.20 bits per heavy atom. The normalized spacial score (nSPS) is 17.2. The highest BCUT2D eigenvalue weighted by atomic mass is 79.9. The Hall–Kier alpha value is -2.06. The number of hydrogen-bond acceptors (Lipinski definition) is 4. The van der Waals surface area contributed by atoms with Crippen LogP contribution in [0.3, 0.4) is 0 Å². The molecule has 0 saturated heterocycles. The van der Waals surface area contributed by atoms with E-state index in [0.29, 0.717) is 17.1 Å². The predicted octanol–water partition coefficient (Wildman–Crippen LogP) is 3.00. The largest absolute Gasteiger partial charge is 0.478 e. The second-order valence-electron chi connectivity index (χ2n) is 5.67. The number of ether oxygens (including phenoxy) is 1. The van der Waals surface area contributed by atoms with Crippen molar-refractivity contribution in [1.82, 2.24) is 0 Å². The van der Waals surface area contributed by atoms with E-state index in [1.165, 1.54) is 4.31 Å². The maximum atomic E-state index is 12.6. The molecule has 2 aromatic carbocycles. The maximum absolute atomic E-state index is 12.6. The highest BCUT2D eigenvalue weighted by Crippen LogP contribution is 2.34. The molecule has 1 aliphatic heterocycles. The lowest BCUT2D eigenvalue weighted by Gasteiger charge is -2.20. The summed E-state index contributed by atoms with van der Waals surface area (Å²) in [4.78, 5) is 12.6. The molecule has 0 saturated carbocycles. The van der Waals surface area contributed by atoms with E-state index >= 15 is 0 Å². The molecule has 3 rings (SSSR count). The zero-order valence-electron chi connectivity index (χ0n) is 13.5. The Kier molecular flexibility index (Phi) is 5.01. The molecular weight excluding hydrogens is 408 g/mol. The first-order valence-electron chi connectivity index (χ1n) is 7.65. The Labute approximate surface area is 155 Å². The van der Waals surface area contributed by atoms with Gasteiger partial charge in [0.2, 0.25) is 10.0 Å². The number of sulfonamides is 1. The lowest BCUT2D eigenvalue weighted by Crippen LogP contribution is -2.36. The highest BCUT2D eigenvalue weighted by molar-refractivity contribution is 9.10. The van der Waals surface area contributed by atoms with Gasteiger partial charge in [0.15, 0.2) is 6.10 Å². The summed E-state index contributed by atoms with van der Waals surface area (Å²) in [6.07, 6.45) is 0.600. The summed E-state index contributed by atoms with van der Waals surface area (Å²) in [6, 6.07) is 14.1. The minimum absolute atomic E-state index is 0.171. The minimum Gasteiger partial charge on any atom is -0.478 e. The average molecular weight is 425 g/mol. The number of para-hydroxylation sites is 3. The van der Waals surface area contributed by atoms with Crippen molar-refractivity contribution in [2.45, 2.75) is 12.5 Å². The van der Waals surface area contributed by atoms with E-state index in [1.807, 2.05) is 18.2 Å². The predicted molar refractivity (Wildman–Crippen MR) is 100 cm³/mol. The van der Waals surface area contributed by atoms with E-state index in [1.54, 1.807) is 30.3 Å². The second kappa shape index (κ2) is 7.05. The molecule has 0 spiro atoms. The summed E-state index contributed by atoms with van der Waals surface area (Å²) < 4.78 is 32.0. The monoisotopic (exact) mass is 424 g/mol. The van der Waals surface area contributed by atoms with E-state index in [0.717, 1.165) is 10.7 Å². The fraction of sp³-hybridized carbons (Fsp3) is 0.235. The third-order valence-corrected chi connectivity index (χ3v) is 5.69. The number of rotatable bonds is 3. The molecule has 0 fully saturated rings. The van der Waals surface area contributed by atoms with E-state index in [-0.39, 0.29) is 18.9 Å². The zero-order chi connectivity index (χ0) is 18.0. The lowest BCUT2D eigenvalue weighted by atomic mass is 10.2. The van der Waals surface area contributed by atoms with Crippen molar-refractivity contribution < 1.29 is 17.9 Å². The summed E-state index contributed by atoms with van der Waals surface area (Å²) in [7, 11) is -3.46. The van der Waals surface area contributed by atoms with Gasteiger partial charge in [-0.2, -0.15) is 0 Å². The number of benzene rings is 2. The Morgan fingerprint density at radius 2 is 1.88 bits per heavy atom. The van der Waals surface area contributed by atoms with Gasteiger partial charge >= 0.3 is 0 Å². The Bertz CT molecular complexity index is 901. The standard InChI is InChI=1S/C17H17BrN2O4S/c1-25(22,23)20-11-10-16(24-15-9-5-4-8-14(15)20)17(21)19-13-7-3-2-6-12(13)18/h2-9,16H,10-11H2,1H3,(H,19,21). The Morgan fingerprint density at radius 3 is 2.60 bits per heavy atom. The molecule has 1 aliphatic rings. The van der Waals surface area contributed by atoms with Gasteiger partial charge < -0.3 is 10.1 Å². The van der Waals surface area contributed by atoms with Gasteiger partial charge in [0.1, 0.15) is 5.75 Å². The molecule has 6 nitrogen and oxygen atoms in total. The van der Waals surface area contributed by atoms with Crippen LogP contribution in [-0.2, 0) is 14.8 Å². The van der Waals surface area contributed by atoms with Crippen LogP contribution in [-0.4, -0.2) is 33.2 Å². The van der Waals surface area contributed by atoms with Gasteiger partial charge in [-0.3, -0.25) is 9.10 Å². The van der Waals surface area contributed by atoms with Crippen LogP contribution in [0.1, 0.15) is 6.42 Å². The van der Waals surface area contributed by atoms with Crippen molar-refractivity contribution in [3.63, 3.8) is 0 Å². The van der Waals surface area contributed by atoms with Crippen LogP contribution in [0.15, 0.2) is 53.0 Å². The first kappa shape index (κ1) is 17.8. The van der Waals surface area contributed by atoms with Gasteiger partial charge in [-0.15, -0.1) is 0 Å². The smallest absolute Gasteiger partial charge is 0.265 e. The topological polar surface area (TPSA) is 75.7 Å². The van der Waals surface area contributed by atoms with Gasteiger partial charge in [-0.1, -0.05) is 24.3 Å². The molecule has 0 radical (unpaired) electrons. The third kappa shape index (κ3) is 3.96. The Balaban J connectivity index is 1.86. The number of nitrogens with zero attached hydrogens (tertiary/aromatic N) is 1. The molecule has 8 heteroatoms. The summed E-state index contributed by atoms with van der Waals surface area (Å²) in [5, 5.41) is 2.81. The number of carbonyl (C=O) groups excluding carboxylic acids is 1. The molecule has 2 aromatic rings. The first-order chi connectivity index (χ1) is 11.9. The van der Waals surface area contributed by atoms with E-state index < -0.39 is 16.1 Å². The lowest BCUT2D eigenvalue weighted by molar-refractivity contribution is -0.122. The number of hydrogen-bond donors (Lipinski definition) is 1. The van der Waals surface area contributed by atoms with E-state index in [4.69, 9.17) is 4.74 Å². The average Bonchev–Trinajstić information content (AvgIpc) is 2.76. The molecule has 0 bridgehead atoms. The fourth-order valence-electron chi connectivity index (χ4n) is 2.63. The summed E-state index contributed by atoms with van der Waals surface area (Å²) >= 11 is 3.38. The molecule has 0 aromatic heterocycles. The molecule has 0 aliphatic carbocycles. The molecule has 1 N–H and O–H groups in total. The maximum Gasteiger partial charge on any atom is 0.265 e. The van der Waals surface area contributed by atoms with Gasteiger partial charge in [-0.05, 0) is 40.2 Å². The quantitative estimate of drug-likeness (QED) is 0.821. The van der Waals surface area contributed by atoms with Gasteiger partial charge in [-0.25, -0.2) is 8.42 Å². The third-order valence-electron chi connectivity index (χ3n) is 3.82. The number of fused-ring (bicyclic) bond motifs is 1. The summed E-state index contributed by atoms with van der Waals surface area (Å²) in [6.45, 7) is 0.171. The van der Waals surface area contributed by atoms with Crippen molar-refractivity contribution in [2.24, 2.45) is 0 Å². The first-order valence-corrected chi connectivity index (χ1v) is 10.3. The second-order valence-corrected chi connectivity index (χ2v) is 8.43. The molecule has 1 unspecified atom stereocenters. The fourth-order valence-corrected chi connectivity index (χ4v) is 3.96. The molecule has 132 valence electrons. The molecular formula is C17H17BrN2O4S. The van der Waals surface area contributed by atoms with Crippen LogP contribution in [0.5, 0.6) is 5.75 Å². The van der Waals surface area contributed by atoms with Crippen LogP contribution in [0.4, 0.5) is 11.4 Å². The van der Waals surface area contributed by atoms with Gasteiger partial charge in [0.05, 0.1) is 17.6 Å². The molecule has 1 amide bonds. The van der Waals surface area contributed by atoms with Crippen LogP contribution >= 0.6 is 15.9 Å². The van der Waals surface area contributed by atoms with E-state index in [2.05, 4.69) is 21.2 Å². The number of amides is 1. The van der Waals surface area contributed by atoms with Crippen molar-refractivity contribution in [2.75, 3.05) is 22.4 Å². The number of halogens is 1. The highest BCUT2D eigenvalue weighted by Gasteiger charge is 2.31. The van der Waals surface area contributed by atoms with Crippen molar-refractivity contribution in [3.05, 3.63) is 53.0 Å².